The van der Waals surface area contributed by atoms with E-state index >= 15 is 0 Å². The van der Waals surface area contributed by atoms with Crippen LogP contribution in [0.5, 0.6) is 11.5 Å². The smallest absolute Gasteiger partial charge is 0.225 e. The van der Waals surface area contributed by atoms with Crippen LogP contribution in [0, 0.1) is 0 Å². The van der Waals surface area contributed by atoms with Crippen LogP contribution in [0.4, 0.5) is 0 Å². The van der Waals surface area contributed by atoms with E-state index in [-0.39, 0.29) is 17.4 Å². The predicted octanol–water partition coefficient (Wildman–Crippen LogP) is 2.86. The molecule has 0 aliphatic carbocycles. The van der Waals surface area contributed by atoms with Crippen molar-refractivity contribution >= 4 is 5.91 Å². The normalized spacial score (nSPS) is 13.6. The molecule has 0 aliphatic rings. The number of benzene rings is 2. The van der Waals surface area contributed by atoms with Crippen LogP contribution >= 0.6 is 0 Å². The van der Waals surface area contributed by atoms with Crippen LogP contribution in [0.25, 0.3) is 0 Å². The van der Waals surface area contributed by atoms with E-state index in [4.69, 9.17) is 5.73 Å². The number of hydrogen-bond acceptors (Lipinski definition) is 3. The van der Waals surface area contributed by atoms with Gasteiger partial charge in [-0.25, -0.2) is 0 Å². The molecule has 2 rings (SSSR count). The second kappa shape index (κ2) is 6.31. The van der Waals surface area contributed by atoms with Crippen molar-refractivity contribution in [3.8, 4) is 11.5 Å². The Hall–Kier alpha value is -2.49. The van der Waals surface area contributed by atoms with Crippen molar-refractivity contribution in [2.45, 2.75) is 25.2 Å². The maximum atomic E-state index is 11.9. The molecule has 0 saturated carbocycles. The van der Waals surface area contributed by atoms with Gasteiger partial charge in [0, 0.05) is 0 Å². The molecule has 2 aromatic rings. The molecule has 0 radical (unpaired) electrons. The van der Waals surface area contributed by atoms with E-state index in [1.165, 1.54) is 0 Å². The molecule has 0 spiro atoms. The first-order valence-corrected chi connectivity index (χ1v) is 6.90. The third-order valence-corrected chi connectivity index (χ3v) is 3.72. The minimum Gasteiger partial charge on any atom is -0.508 e. The van der Waals surface area contributed by atoms with Crippen molar-refractivity contribution in [2.24, 2.45) is 5.73 Å². The second-order valence-corrected chi connectivity index (χ2v) is 5.08. The first-order valence-electron chi connectivity index (χ1n) is 6.90. The number of aromatic hydroxyl groups is 2. The van der Waals surface area contributed by atoms with E-state index in [0.717, 1.165) is 17.5 Å². The Labute approximate surface area is 123 Å². The van der Waals surface area contributed by atoms with E-state index in [9.17, 15) is 15.0 Å². The number of phenols is 2. The maximum absolute atomic E-state index is 11.9. The van der Waals surface area contributed by atoms with Gasteiger partial charge in [-0.1, -0.05) is 31.2 Å². The highest BCUT2D eigenvalue weighted by atomic mass is 16.3. The Morgan fingerprint density at radius 3 is 1.76 bits per heavy atom. The summed E-state index contributed by atoms with van der Waals surface area (Å²) in [5.41, 5.74) is 7.33. The summed E-state index contributed by atoms with van der Waals surface area (Å²) < 4.78 is 0. The lowest BCUT2D eigenvalue weighted by molar-refractivity contribution is -0.120. The van der Waals surface area contributed by atoms with Gasteiger partial charge in [-0.15, -0.1) is 0 Å². The van der Waals surface area contributed by atoms with Gasteiger partial charge in [0.25, 0.3) is 0 Å². The fourth-order valence-corrected chi connectivity index (χ4v) is 2.66. The lowest BCUT2D eigenvalue weighted by Crippen LogP contribution is -2.26. The van der Waals surface area contributed by atoms with E-state index in [1.807, 2.05) is 6.92 Å². The summed E-state index contributed by atoms with van der Waals surface area (Å²) in [4.78, 5) is 11.9. The summed E-state index contributed by atoms with van der Waals surface area (Å²) in [7, 11) is 0. The number of amides is 1. The second-order valence-electron chi connectivity index (χ2n) is 5.08. The molecule has 1 amide bonds. The molecule has 21 heavy (non-hydrogen) atoms. The van der Waals surface area contributed by atoms with Crippen LogP contribution in [-0.4, -0.2) is 16.1 Å². The fraction of sp³-hybridized carbons (Fsp3) is 0.235. The Balaban J connectivity index is 2.41. The van der Waals surface area contributed by atoms with Crippen molar-refractivity contribution in [3.63, 3.8) is 0 Å². The molecule has 0 fully saturated rings. The zero-order valence-corrected chi connectivity index (χ0v) is 11.9. The number of rotatable bonds is 5. The van der Waals surface area contributed by atoms with Crippen LogP contribution in [-0.2, 0) is 4.79 Å². The molecule has 4 heteroatoms. The van der Waals surface area contributed by atoms with Crippen molar-refractivity contribution in [1.82, 2.24) is 0 Å². The van der Waals surface area contributed by atoms with Gasteiger partial charge in [-0.3, -0.25) is 4.79 Å². The van der Waals surface area contributed by atoms with E-state index < -0.39 is 11.8 Å². The molecule has 0 aliphatic heterocycles. The first-order chi connectivity index (χ1) is 10.0. The average Bonchev–Trinajstić information content (AvgIpc) is 2.47. The SMILES string of the molecule is CC[C@H](c1ccc(O)cc1)[C@@H](C(N)=O)c1ccc(O)cc1. The van der Waals surface area contributed by atoms with Crippen molar-refractivity contribution < 1.29 is 15.0 Å². The monoisotopic (exact) mass is 285 g/mol. The van der Waals surface area contributed by atoms with Gasteiger partial charge in [0.2, 0.25) is 5.91 Å². The molecule has 4 N–H and O–H groups in total. The van der Waals surface area contributed by atoms with Gasteiger partial charge in [0.15, 0.2) is 0 Å². The first kappa shape index (κ1) is 14.9. The Kier molecular flexibility index (Phi) is 4.48. The van der Waals surface area contributed by atoms with E-state index in [0.29, 0.717) is 0 Å². The summed E-state index contributed by atoms with van der Waals surface area (Å²) in [5.74, 6) is -0.609. The van der Waals surface area contributed by atoms with Crippen molar-refractivity contribution in [2.75, 3.05) is 0 Å². The van der Waals surface area contributed by atoms with Gasteiger partial charge < -0.3 is 15.9 Å². The largest absolute Gasteiger partial charge is 0.508 e. The van der Waals surface area contributed by atoms with Gasteiger partial charge in [-0.2, -0.15) is 0 Å². The van der Waals surface area contributed by atoms with Crippen LogP contribution in [0.2, 0.25) is 0 Å². The number of carbonyl (C=O) groups excluding carboxylic acids is 1. The highest BCUT2D eigenvalue weighted by Crippen LogP contribution is 2.36. The topological polar surface area (TPSA) is 83.5 Å². The molecule has 0 saturated heterocycles. The van der Waals surface area contributed by atoms with Crippen LogP contribution in [0.1, 0.15) is 36.3 Å². The molecule has 4 nitrogen and oxygen atoms in total. The third-order valence-electron chi connectivity index (χ3n) is 3.72. The van der Waals surface area contributed by atoms with Gasteiger partial charge in [-0.05, 0) is 47.7 Å². The molecule has 2 aromatic carbocycles. The fourth-order valence-electron chi connectivity index (χ4n) is 2.66. The lowest BCUT2D eigenvalue weighted by atomic mass is 9.79. The molecule has 0 unspecified atom stereocenters. The summed E-state index contributed by atoms with van der Waals surface area (Å²) in [6.07, 6.45) is 0.735. The minimum atomic E-state index is -0.472. The number of nitrogens with two attached hydrogens (primary N) is 1. The molecule has 0 bridgehead atoms. The standard InChI is InChI=1S/C17H19NO3/c1-2-15(11-3-7-13(19)8-4-11)16(17(18)21)12-5-9-14(20)10-6-12/h3-10,15-16,19-20H,2H2,1H3,(H2,18,21)/t15-,16+/m1/s1. The summed E-state index contributed by atoms with van der Waals surface area (Å²) in [6, 6.07) is 13.4. The Morgan fingerprint density at radius 2 is 1.38 bits per heavy atom. The minimum absolute atomic E-state index is 0.0763. The summed E-state index contributed by atoms with van der Waals surface area (Å²) in [6.45, 7) is 1.99. The average molecular weight is 285 g/mol. The molecular weight excluding hydrogens is 266 g/mol. The number of hydrogen-bond donors (Lipinski definition) is 3. The van der Waals surface area contributed by atoms with E-state index in [2.05, 4.69) is 0 Å². The molecule has 0 aromatic heterocycles. The summed E-state index contributed by atoms with van der Waals surface area (Å²) >= 11 is 0. The quantitative estimate of drug-likeness (QED) is 0.789. The summed E-state index contributed by atoms with van der Waals surface area (Å²) in [5, 5.41) is 18.8. The lowest BCUT2D eigenvalue weighted by Gasteiger charge is -2.24. The zero-order valence-electron chi connectivity index (χ0n) is 11.9. The van der Waals surface area contributed by atoms with E-state index in [1.54, 1.807) is 48.5 Å². The number of phenolic OH excluding ortho intramolecular Hbond substituents is 2. The Bertz CT molecular complexity index is 605. The highest BCUT2D eigenvalue weighted by Gasteiger charge is 2.28. The Morgan fingerprint density at radius 1 is 0.952 bits per heavy atom. The van der Waals surface area contributed by atoms with Gasteiger partial charge in [0.1, 0.15) is 11.5 Å². The zero-order chi connectivity index (χ0) is 15.4. The van der Waals surface area contributed by atoms with Crippen molar-refractivity contribution in [1.29, 1.82) is 0 Å². The molecule has 0 heterocycles. The van der Waals surface area contributed by atoms with Gasteiger partial charge in [0.05, 0.1) is 5.92 Å². The van der Waals surface area contributed by atoms with Gasteiger partial charge >= 0.3 is 0 Å². The van der Waals surface area contributed by atoms with Crippen molar-refractivity contribution in [3.05, 3.63) is 59.7 Å². The molecular formula is C17H19NO3. The third kappa shape index (κ3) is 3.34. The van der Waals surface area contributed by atoms with Crippen LogP contribution < -0.4 is 5.73 Å². The molecule has 2 atom stereocenters. The number of carbonyl (C=O) groups is 1. The predicted molar refractivity (Wildman–Crippen MR) is 81.2 cm³/mol. The molecule has 110 valence electrons. The number of primary amides is 1. The maximum Gasteiger partial charge on any atom is 0.225 e. The van der Waals surface area contributed by atoms with Crippen LogP contribution in [0.3, 0.4) is 0 Å². The van der Waals surface area contributed by atoms with Crippen LogP contribution in [0.15, 0.2) is 48.5 Å². The highest BCUT2D eigenvalue weighted by molar-refractivity contribution is 5.83.